The molecular weight excluding hydrogens is 188 g/mol. The van der Waals surface area contributed by atoms with Gasteiger partial charge in [0.25, 0.3) is 0 Å². The molecule has 3 heteroatoms. The van der Waals surface area contributed by atoms with Crippen molar-refractivity contribution in [2.75, 3.05) is 6.61 Å². The SMILES string of the molecule is Cc1ccc(C)c2[nH]c(C(N)CO)cc12. The number of aromatic amines is 1. The minimum absolute atomic E-state index is 0.0368. The maximum absolute atomic E-state index is 9.01. The molecule has 2 rings (SSSR count). The molecule has 2 aromatic rings. The number of H-pyrrole nitrogens is 1. The van der Waals surface area contributed by atoms with Gasteiger partial charge in [0.05, 0.1) is 12.6 Å². The summed E-state index contributed by atoms with van der Waals surface area (Å²) >= 11 is 0. The van der Waals surface area contributed by atoms with Crippen LogP contribution in [0.1, 0.15) is 22.9 Å². The number of benzene rings is 1. The molecule has 0 bridgehead atoms. The van der Waals surface area contributed by atoms with Gasteiger partial charge in [0.15, 0.2) is 0 Å². The van der Waals surface area contributed by atoms with Crippen LogP contribution in [0.3, 0.4) is 0 Å². The van der Waals surface area contributed by atoms with Crippen molar-refractivity contribution in [3.05, 3.63) is 35.0 Å². The molecule has 1 aromatic carbocycles. The van der Waals surface area contributed by atoms with Gasteiger partial charge in [-0.2, -0.15) is 0 Å². The summed E-state index contributed by atoms with van der Waals surface area (Å²) < 4.78 is 0. The molecule has 0 amide bonds. The van der Waals surface area contributed by atoms with E-state index in [-0.39, 0.29) is 12.6 Å². The zero-order valence-electron chi connectivity index (χ0n) is 9.04. The van der Waals surface area contributed by atoms with Gasteiger partial charge in [-0.3, -0.25) is 0 Å². The van der Waals surface area contributed by atoms with Crippen LogP contribution in [0.2, 0.25) is 0 Å². The lowest BCUT2D eigenvalue weighted by atomic mass is 10.1. The number of hydrogen-bond acceptors (Lipinski definition) is 2. The Morgan fingerprint density at radius 3 is 2.60 bits per heavy atom. The number of hydrogen-bond donors (Lipinski definition) is 3. The lowest BCUT2D eigenvalue weighted by molar-refractivity contribution is 0.266. The fourth-order valence-electron chi connectivity index (χ4n) is 1.82. The van der Waals surface area contributed by atoms with Gasteiger partial charge in [-0.15, -0.1) is 0 Å². The summed E-state index contributed by atoms with van der Waals surface area (Å²) in [5.41, 5.74) is 10.2. The third kappa shape index (κ3) is 1.64. The summed E-state index contributed by atoms with van der Waals surface area (Å²) in [6, 6.07) is 5.89. The van der Waals surface area contributed by atoms with Crippen LogP contribution < -0.4 is 5.73 Å². The molecule has 0 radical (unpaired) electrons. The monoisotopic (exact) mass is 204 g/mol. The molecule has 15 heavy (non-hydrogen) atoms. The number of aromatic nitrogens is 1. The quantitative estimate of drug-likeness (QED) is 0.698. The second-order valence-electron chi connectivity index (χ2n) is 4.00. The average Bonchev–Trinajstić information content (AvgIpc) is 2.68. The van der Waals surface area contributed by atoms with Crippen LogP contribution in [0.4, 0.5) is 0 Å². The number of rotatable bonds is 2. The summed E-state index contributed by atoms with van der Waals surface area (Å²) in [6.45, 7) is 4.10. The van der Waals surface area contributed by atoms with E-state index in [0.717, 1.165) is 11.2 Å². The van der Waals surface area contributed by atoms with Gasteiger partial charge in [-0.05, 0) is 31.0 Å². The Bertz CT molecular complexity index is 449. The second kappa shape index (κ2) is 3.68. The number of aryl methyl sites for hydroxylation is 2. The highest BCUT2D eigenvalue weighted by molar-refractivity contribution is 5.86. The summed E-state index contributed by atoms with van der Waals surface area (Å²) in [4.78, 5) is 3.27. The van der Waals surface area contributed by atoms with Gasteiger partial charge >= 0.3 is 0 Å². The fraction of sp³-hybridized carbons (Fsp3) is 0.333. The zero-order valence-corrected chi connectivity index (χ0v) is 9.04. The van der Waals surface area contributed by atoms with Crippen molar-refractivity contribution < 1.29 is 5.11 Å². The van der Waals surface area contributed by atoms with E-state index in [0.29, 0.717) is 0 Å². The fourth-order valence-corrected chi connectivity index (χ4v) is 1.82. The summed E-state index contributed by atoms with van der Waals surface area (Å²) in [5.74, 6) is 0. The second-order valence-corrected chi connectivity index (χ2v) is 4.00. The van der Waals surface area contributed by atoms with Crippen molar-refractivity contribution in [1.82, 2.24) is 4.98 Å². The molecular formula is C12H16N2O. The predicted molar refractivity (Wildman–Crippen MR) is 61.8 cm³/mol. The van der Waals surface area contributed by atoms with E-state index in [1.54, 1.807) is 0 Å². The van der Waals surface area contributed by atoms with Crippen LogP contribution >= 0.6 is 0 Å². The minimum atomic E-state index is -0.323. The Morgan fingerprint density at radius 2 is 2.00 bits per heavy atom. The Balaban J connectivity index is 2.64. The number of aliphatic hydroxyl groups is 1. The molecule has 1 atom stereocenters. The van der Waals surface area contributed by atoms with E-state index >= 15 is 0 Å². The minimum Gasteiger partial charge on any atom is -0.394 e. The van der Waals surface area contributed by atoms with Gasteiger partial charge in [0.1, 0.15) is 0 Å². The van der Waals surface area contributed by atoms with E-state index in [9.17, 15) is 0 Å². The van der Waals surface area contributed by atoms with Gasteiger partial charge < -0.3 is 15.8 Å². The standard InChI is InChI=1S/C12H16N2O/c1-7-3-4-8(2)12-9(7)5-11(14-12)10(13)6-15/h3-5,10,14-15H,6,13H2,1-2H3. The van der Waals surface area contributed by atoms with Crippen LogP contribution in [0, 0.1) is 13.8 Å². The van der Waals surface area contributed by atoms with Crippen LogP contribution in [0.15, 0.2) is 18.2 Å². The normalized spacial score (nSPS) is 13.3. The molecule has 0 saturated carbocycles. The molecule has 0 fully saturated rings. The van der Waals surface area contributed by atoms with Crippen molar-refractivity contribution in [3.8, 4) is 0 Å². The molecule has 1 aromatic heterocycles. The maximum Gasteiger partial charge on any atom is 0.0683 e. The van der Waals surface area contributed by atoms with Crippen LogP contribution in [0.25, 0.3) is 10.9 Å². The van der Waals surface area contributed by atoms with E-state index < -0.39 is 0 Å². The Morgan fingerprint density at radius 1 is 1.33 bits per heavy atom. The topological polar surface area (TPSA) is 62.0 Å². The molecule has 1 heterocycles. The predicted octanol–water partition coefficient (Wildman–Crippen LogP) is 1.78. The largest absolute Gasteiger partial charge is 0.394 e. The van der Waals surface area contributed by atoms with Gasteiger partial charge in [-0.1, -0.05) is 12.1 Å². The Hall–Kier alpha value is -1.32. The van der Waals surface area contributed by atoms with Gasteiger partial charge in [0.2, 0.25) is 0 Å². The zero-order chi connectivity index (χ0) is 11.0. The molecule has 0 aliphatic carbocycles. The molecule has 0 saturated heterocycles. The highest BCUT2D eigenvalue weighted by atomic mass is 16.3. The van der Waals surface area contributed by atoms with Crippen molar-refractivity contribution in [3.63, 3.8) is 0 Å². The first-order chi connectivity index (χ1) is 7.13. The Kier molecular flexibility index (Phi) is 2.50. The van der Waals surface area contributed by atoms with Crippen molar-refractivity contribution >= 4 is 10.9 Å². The smallest absolute Gasteiger partial charge is 0.0683 e. The van der Waals surface area contributed by atoms with Crippen LogP contribution in [-0.4, -0.2) is 16.7 Å². The third-order valence-corrected chi connectivity index (χ3v) is 2.84. The first-order valence-corrected chi connectivity index (χ1v) is 5.08. The summed E-state index contributed by atoms with van der Waals surface area (Å²) in [6.07, 6.45) is 0. The maximum atomic E-state index is 9.01. The van der Waals surface area contributed by atoms with Crippen LogP contribution in [-0.2, 0) is 0 Å². The lowest BCUT2D eigenvalue weighted by Crippen LogP contribution is -2.14. The molecule has 0 aliphatic heterocycles. The molecule has 3 nitrogen and oxygen atoms in total. The van der Waals surface area contributed by atoms with Crippen molar-refractivity contribution in [2.24, 2.45) is 5.73 Å². The number of nitrogens with two attached hydrogens (primary N) is 1. The van der Waals surface area contributed by atoms with E-state index in [4.69, 9.17) is 10.8 Å². The van der Waals surface area contributed by atoms with Crippen molar-refractivity contribution in [2.45, 2.75) is 19.9 Å². The molecule has 0 spiro atoms. The lowest BCUT2D eigenvalue weighted by Gasteiger charge is -2.03. The highest BCUT2D eigenvalue weighted by Crippen LogP contribution is 2.24. The number of aliphatic hydroxyl groups excluding tert-OH is 1. The van der Waals surface area contributed by atoms with E-state index in [2.05, 4.69) is 31.0 Å². The van der Waals surface area contributed by atoms with E-state index in [1.807, 2.05) is 6.07 Å². The number of nitrogens with one attached hydrogen (secondary N) is 1. The van der Waals surface area contributed by atoms with Gasteiger partial charge in [-0.25, -0.2) is 0 Å². The first-order valence-electron chi connectivity index (χ1n) is 5.08. The molecule has 0 aliphatic rings. The molecule has 1 unspecified atom stereocenters. The summed E-state index contributed by atoms with van der Waals surface area (Å²) in [5, 5.41) is 10.2. The highest BCUT2D eigenvalue weighted by Gasteiger charge is 2.10. The average molecular weight is 204 g/mol. The molecule has 4 N–H and O–H groups in total. The first kappa shape index (κ1) is 10.2. The Labute approximate surface area is 88.9 Å². The summed E-state index contributed by atoms with van der Waals surface area (Å²) in [7, 11) is 0. The van der Waals surface area contributed by atoms with Gasteiger partial charge in [0, 0.05) is 16.6 Å². The van der Waals surface area contributed by atoms with E-state index in [1.165, 1.54) is 16.5 Å². The molecule has 80 valence electrons. The van der Waals surface area contributed by atoms with Crippen molar-refractivity contribution in [1.29, 1.82) is 0 Å². The third-order valence-electron chi connectivity index (χ3n) is 2.84. The van der Waals surface area contributed by atoms with Crippen LogP contribution in [0.5, 0.6) is 0 Å². The number of fused-ring (bicyclic) bond motifs is 1.